The summed E-state index contributed by atoms with van der Waals surface area (Å²) >= 11 is 6.11. The number of likely N-dealkylation sites (tertiary alicyclic amines) is 1. The van der Waals surface area contributed by atoms with Gasteiger partial charge >= 0.3 is 11.9 Å². The van der Waals surface area contributed by atoms with Gasteiger partial charge in [0.25, 0.3) is 5.56 Å². The molecule has 4 heterocycles. The molecule has 2 N–H and O–H groups in total. The zero-order valence-electron chi connectivity index (χ0n) is 21.8. The van der Waals surface area contributed by atoms with Crippen molar-refractivity contribution in [1.29, 1.82) is 0 Å². The molecule has 0 saturated carbocycles. The lowest BCUT2D eigenvalue weighted by molar-refractivity contribution is -0.134. The number of aliphatic carboxylic acids is 2. The minimum absolute atomic E-state index is 0.0220. The van der Waals surface area contributed by atoms with E-state index in [-0.39, 0.29) is 5.56 Å². The summed E-state index contributed by atoms with van der Waals surface area (Å²) in [6.07, 6.45) is 3.44. The molecule has 2 aromatic heterocycles. The van der Waals surface area contributed by atoms with E-state index in [0.717, 1.165) is 43.2 Å². The van der Waals surface area contributed by atoms with Crippen molar-refractivity contribution in [2.75, 3.05) is 26.2 Å². The van der Waals surface area contributed by atoms with Gasteiger partial charge in [0.2, 0.25) is 0 Å². The largest absolute Gasteiger partial charge is 0.493 e. The highest BCUT2D eigenvalue weighted by Gasteiger charge is 2.39. The zero-order chi connectivity index (χ0) is 28.4. The number of carboxylic acids is 2. The normalized spacial score (nSPS) is 18.1. The van der Waals surface area contributed by atoms with Crippen molar-refractivity contribution >= 4 is 40.0 Å². The van der Waals surface area contributed by atoms with Crippen LogP contribution in [-0.2, 0) is 16.0 Å². The van der Waals surface area contributed by atoms with Gasteiger partial charge in [0.15, 0.2) is 0 Å². The van der Waals surface area contributed by atoms with Gasteiger partial charge < -0.3 is 19.8 Å². The van der Waals surface area contributed by atoms with Gasteiger partial charge in [-0.2, -0.15) is 0 Å². The van der Waals surface area contributed by atoms with E-state index in [1.807, 2.05) is 6.92 Å². The second-order valence-electron chi connectivity index (χ2n) is 9.95. The lowest BCUT2D eigenvalue weighted by Crippen LogP contribution is -2.28. The number of nitrogens with zero attached hydrogens (tertiary/aromatic N) is 3. The van der Waals surface area contributed by atoms with Crippen LogP contribution >= 0.6 is 11.6 Å². The quantitative estimate of drug-likeness (QED) is 0.348. The highest BCUT2D eigenvalue weighted by atomic mass is 35.5. The van der Waals surface area contributed by atoms with E-state index in [2.05, 4.69) is 46.3 Å². The van der Waals surface area contributed by atoms with Crippen LogP contribution in [0.15, 0.2) is 71.7 Å². The number of fused-ring (bicyclic) bond motifs is 6. The minimum atomic E-state index is -1.26. The Bertz CT molecular complexity index is 1680. The van der Waals surface area contributed by atoms with Crippen LogP contribution in [0.4, 0.5) is 0 Å². The summed E-state index contributed by atoms with van der Waals surface area (Å²) in [4.78, 5) is 39.3. The average molecular weight is 562 g/mol. The van der Waals surface area contributed by atoms with Gasteiger partial charge in [0.05, 0.1) is 11.6 Å². The molecule has 1 saturated heterocycles. The molecule has 0 unspecified atom stereocenters. The molecule has 4 aromatic rings. The molecule has 2 atom stereocenters. The molecule has 0 amide bonds. The number of carbonyl (C=O) groups is 2. The highest BCUT2D eigenvalue weighted by Crippen LogP contribution is 2.45. The number of aromatic nitrogens is 2. The third-order valence-corrected chi connectivity index (χ3v) is 7.63. The molecule has 0 spiro atoms. The number of rotatable bonds is 5. The van der Waals surface area contributed by atoms with E-state index in [1.54, 1.807) is 22.7 Å². The van der Waals surface area contributed by atoms with E-state index < -0.39 is 11.9 Å². The molecule has 2 aliphatic rings. The summed E-state index contributed by atoms with van der Waals surface area (Å²) in [7, 11) is 0. The van der Waals surface area contributed by atoms with Crippen molar-refractivity contribution in [2.24, 2.45) is 5.92 Å². The first-order chi connectivity index (χ1) is 19.2. The molecule has 0 radical (unpaired) electrons. The fraction of sp³-hybridized carbons (Fsp3) is 0.267. The third-order valence-electron chi connectivity index (χ3n) is 7.40. The standard InChI is InChI=1S/C26H24ClN3O2.C4H4O4/c1-16-20(26(31)30-13-19(27)7-9-24(30)28-16)10-11-29-12-18-15-32-23-8-6-17-4-2-3-5-21(17)25(23)22(18)14-29;5-3(6)1-2-4(7)8/h2-9,13,18,22H,10-12,14-15H2,1H3;1-2H,(H,5,6)(H,7,8)/b;2-1+/t18-,22-;/m1./s1. The van der Waals surface area contributed by atoms with Crippen LogP contribution in [0.25, 0.3) is 16.4 Å². The molecule has 10 heteroatoms. The first-order valence-electron chi connectivity index (χ1n) is 12.9. The molecular formula is C30H28ClN3O6. The lowest BCUT2D eigenvalue weighted by Gasteiger charge is -2.29. The topological polar surface area (TPSA) is 121 Å². The molecule has 9 nitrogen and oxygen atoms in total. The zero-order valence-corrected chi connectivity index (χ0v) is 22.5. The van der Waals surface area contributed by atoms with Gasteiger partial charge in [0, 0.05) is 66.6 Å². The first-order valence-corrected chi connectivity index (χ1v) is 13.3. The Labute approximate surface area is 234 Å². The molecule has 0 bridgehead atoms. The number of pyridine rings is 1. The number of carboxylic acid groups (broad SMARTS) is 2. The lowest BCUT2D eigenvalue weighted by atomic mass is 9.84. The van der Waals surface area contributed by atoms with Gasteiger partial charge in [-0.05, 0) is 42.3 Å². The van der Waals surface area contributed by atoms with Crippen LogP contribution in [0, 0.1) is 12.8 Å². The smallest absolute Gasteiger partial charge is 0.328 e. The van der Waals surface area contributed by atoms with Gasteiger partial charge in [-0.25, -0.2) is 14.6 Å². The number of ether oxygens (including phenoxy) is 1. The van der Waals surface area contributed by atoms with Crippen molar-refractivity contribution in [3.8, 4) is 5.75 Å². The molecule has 40 heavy (non-hydrogen) atoms. The number of hydrogen-bond donors (Lipinski definition) is 2. The first kappa shape index (κ1) is 27.4. The number of hydrogen-bond acceptors (Lipinski definition) is 6. The molecule has 1 fully saturated rings. The van der Waals surface area contributed by atoms with Crippen LogP contribution in [0.2, 0.25) is 5.02 Å². The second-order valence-corrected chi connectivity index (χ2v) is 10.4. The van der Waals surface area contributed by atoms with Crippen LogP contribution in [0.3, 0.4) is 0 Å². The highest BCUT2D eigenvalue weighted by molar-refractivity contribution is 6.30. The summed E-state index contributed by atoms with van der Waals surface area (Å²) < 4.78 is 7.71. The number of benzene rings is 2. The fourth-order valence-electron chi connectivity index (χ4n) is 5.58. The molecule has 6 rings (SSSR count). The summed E-state index contributed by atoms with van der Waals surface area (Å²) in [5, 5.41) is 18.7. The molecule has 0 aliphatic carbocycles. The Morgan fingerprint density at radius 1 is 1.07 bits per heavy atom. The maximum Gasteiger partial charge on any atom is 0.328 e. The number of halogens is 1. The van der Waals surface area contributed by atoms with Gasteiger partial charge in [0.1, 0.15) is 11.4 Å². The van der Waals surface area contributed by atoms with Crippen LogP contribution < -0.4 is 10.3 Å². The minimum Gasteiger partial charge on any atom is -0.493 e. The van der Waals surface area contributed by atoms with Crippen LogP contribution in [0.5, 0.6) is 5.75 Å². The van der Waals surface area contributed by atoms with Crippen molar-refractivity contribution in [3.63, 3.8) is 0 Å². The summed E-state index contributed by atoms with van der Waals surface area (Å²) in [6.45, 7) is 5.48. The third kappa shape index (κ3) is 5.71. The Kier molecular flexibility index (Phi) is 7.86. The summed E-state index contributed by atoms with van der Waals surface area (Å²) in [5.41, 5.74) is 3.52. The van der Waals surface area contributed by atoms with Crippen LogP contribution in [0.1, 0.15) is 22.7 Å². The molecule has 2 aromatic carbocycles. The Morgan fingerprint density at radius 3 is 2.58 bits per heavy atom. The van der Waals surface area contributed by atoms with E-state index in [1.165, 1.54) is 16.3 Å². The van der Waals surface area contributed by atoms with E-state index in [9.17, 15) is 14.4 Å². The maximum absolute atomic E-state index is 13.1. The van der Waals surface area contributed by atoms with Crippen molar-refractivity contribution in [1.82, 2.24) is 14.3 Å². The van der Waals surface area contributed by atoms with Crippen LogP contribution in [-0.4, -0.2) is 62.7 Å². The predicted molar refractivity (Wildman–Crippen MR) is 151 cm³/mol. The monoisotopic (exact) mass is 561 g/mol. The maximum atomic E-state index is 13.1. The van der Waals surface area contributed by atoms with Crippen molar-refractivity contribution in [3.05, 3.63) is 99.1 Å². The van der Waals surface area contributed by atoms with E-state index in [0.29, 0.717) is 41.1 Å². The summed E-state index contributed by atoms with van der Waals surface area (Å²) in [5.74, 6) is -0.555. The van der Waals surface area contributed by atoms with Gasteiger partial charge in [-0.3, -0.25) is 9.20 Å². The fourth-order valence-corrected chi connectivity index (χ4v) is 5.74. The number of aryl methyl sites for hydroxylation is 1. The predicted octanol–water partition coefficient (Wildman–Crippen LogP) is 4.17. The Balaban J connectivity index is 0.000000355. The molecule has 206 valence electrons. The average Bonchev–Trinajstić information content (AvgIpc) is 3.35. The van der Waals surface area contributed by atoms with Crippen molar-refractivity contribution in [2.45, 2.75) is 19.3 Å². The second kappa shape index (κ2) is 11.5. The Morgan fingerprint density at radius 2 is 1.82 bits per heavy atom. The summed E-state index contributed by atoms with van der Waals surface area (Å²) in [6, 6.07) is 16.4. The molecular weight excluding hydrogens is 534 g/mol. The van der Waals surface area contributed by atoms with Gasteiger partial charge in [-0.15, -0.1) is 0 Å². The SMILES string of the molecule is Cc1nc2ccc(Cl)cn2c(=O)c1CCN1C[C@@H]2COc3ccc4ccccc4c3[C@@H]2C1.O=C(O)/C=C/C(=O)O. The Hall–Kier alpha value is -4.21. The molecule has 2 aliphatic heterocycles. The van der Waals surface area contributed by atoms with Crippen molar-refractivity contribution < 1.29 is 24.5 Å². The van der Waals surface area contributed by atoms with Gasteiger partial charge in [-0.1, -0.05) is 41.9 Å². The van der Waals surface area contributed by atoms with E-state index in [4.69, 9.17) is 26.6 Å². The van der Waals surface area contributed by atoms with E-state index >= 15 is 0 Å².